The van der Waals surface area contributed by atoms with Gasteiger partial charge in [-0.05, 0) is 69.4 Å². The number of aromatic nitrogens is 3. The predicted molar refractivity (Wildman–Crippen MR) is 163 cm³/mol. The first kappa shape index (κ1) is 30.9. The van der Waals surface area contributed by atoms with E-state index in [1.165, 1.54) is 35.8 Å². The summed E-state index contributed by atoms with van der Waals surface area (Å²) in [4.78, 5) is 50.7. The number of carbonyl (C=O) groups excluding carboxylic acids is 3. The maximum absolute atomic E-state index is 13.5. The second kappa shape index (κ2) is 13.9. The number of hydrogen-bond acceptors (Lipinski definition) is 11. The third-order valence-corrected chi connectivity index (χ3v) is 9.21. The predicted octanol–water partition coefficient (Wildman–Crippen LogP) is 5.32. The van der Waals surface area contributed by atoms with Gasteiger partial charge in [0.15, 0.2) is 16.7 Å². The highest BCUT2D eigenvalue weighted by Gasteiger charge is 2.29. The minimum atomic E-state index is -0.682. The molecule has 0 aliphatic heterocycles. The molecular formula is C29H30N6O7S2. The van der Waals surface area contributed by atoms with Crippen LogP contribution in [0, 0.1) is 10.1 Å². The summed E-state index contributed by atoms with van der Waals surface area (Å²) in [6.07, 6.45) is 6.08. The lowest BCUT2D eigenvalue weighted by atomic mass is 10.1. The number of ether oxygens (including phenoxy) is 1. The molecule has 2 N–H and O–H groups in total. The van der Waals surface area contributed by atoms with Gasteiger partial charge in [-0.3, -0.25) is 24.3 Å². The van der Waals surface area contributed by atoms with Gasteiger partial charge in [-0.15, -0.1) is 21.5 Å². The van der Waals surface area contributed by atoms with Gasteiger partial charge < -0.3 is 19.8 Å². The topological polar surface area (TPSA) is 171 Å². The second-order valence-electron chi connectivity index (χ2n) is 9.91. The Labute approximate surface area is 260 Å². The number of aryl methyl sites for hydroxylation is 1. The van der Waals surface area contributed by atoms with Crippen LogP contribution in [0.15, 0.2) is 52.2 Å². The van der Waals surface area contributed by atoms with Crippen LogP contribution in [-0.4, -0.2) is 49.3 Å². The molecule has 0 spiro atoms. The number of rotatable bonds is 11. The van der Waals surface area contributed by atoms with E-state index in [1.807, 2.05) is 0 Å². The van der Waals surface area contributed by atoms with E-state index >= 15 is 0 Å². The molecule has 0 saturated heterocycles. The minimum absolute atomic E-state index is 0.0334. The Balaban J connectivity index is 1.39. The number of nitro groups is 1. The third kappa shape index (κ3) is 6.83. The Morgan fingerprint density at radius 2 is 1.93 bits per heavy atom. The molecule has 230 valence electrons. The van der Waals surface area contributed by atoms with Gasteiger partial charge in [0, 0.05) is 22.7 Å². The van der Waals surface area contributed by atoms with Crippen LogP contribution in [-0.2, 0) is 28.9 Å². The van der Waals surface area contributed by atoms with Crippen molar-refractivity contribution < 1.29 is 28.5 Å². The number of thiophene rings is 1. The Kier molecular flexibility index (Phi) is 9.75. The van der Waals surface area contributed by atoms with Crippen LogP contribution in [0.5, 0.6) is 0 Å². The zero-order valence-corrected chi connectivity index (χ0v) is 25.7. The van der Waals surface area contributed by atoms with Gasteiger partial charge in [0.2, 0.25) is 5.91 Å². The molecule has 1 aliphatic rings. The van der Waals surface area contributed by atoms with Crippen molar-refractivity contribution in [3.05, 3.63) is 80.4 Å². The number of furan rings is 1. The van der Waals surface area contributed by atoms with Gasteiger partial charge >= 0.3 is 5.97 Å². The number of esters is 1. The van der Waals surface area contributed by atoms with Crippen molar-refractivity contribution in [1.29, 1.82) is 0 Å². The Hall–Kier alpha value is -4.50. The Morgan fingerprint density at radius 3 is 2.64 bits per heavy atom. The van der Waals surface area contributed by atoms with Gasteiger partial charge in [-0.1, -0.05) is 18.2 Å². The average Bonchev–Trinajstić information content (AvgIpc) is 3.72. The number of thioether (sulfide) groups is 1. The molecule has 44 heavy (non-hydrogen) atoms. The van der Waals surface area contributed by atoms with Crippen molar-refractivity contribution in [3.8, 4) is 5.69 Å². The molecule has 0 radical (unpaired) electrons. The molecular weight excluding hydrogens is 608 g/mol. The number of amides is 2. The van der Waals surface area contributed by atoms with E-state index in [2.05, 4.69) is 20.8 Å². The molecule has 3 aromatic heterocycles. The van der Waals surface area contributed by atoms with Gasteiger partial charge in [-0.2, -0.15) is 0 Å². The van der Waals surface area contributed by atoms with E-state index in [1.54, 1.807) is 36.6 Å². The monoisotopic (exact) mass is 638 g/mol. The summed E-state index contributed by atoms with van der Waals surface area (Å²) in [5.41, 5.74) is 1.80. The summed E-state index contributed by atoms with van der Waals surface area (Å²) < 4.78 is 12.1. The second-order valence-corrected chi connectivity index (χ2v) is 12.3. The normalized spacial score (nSPS) is 13.4. The summed E-state index contributed by atoms with van der Waals surface area (Å²) in [6, 6.07) is 8.90. The fourth-order valence-electron chi connectivity index (χ4n) is 4.80. The molecule has 0 bridgehead atoms. The quantitative estimate of drug-likeness (QED) is 0.0720. The van der Waals surface area contributed by atoms with E-state index < -0.39 is 22.0 Å². The first-order valence-corrected chi connectivity index (χ1v) is 15.8. The lowest BCUT2D eigenvalue weighted by Gasteiger charge is -2.14. The Morgan fingerprint density at radius 1 is 1.16 bits per heavy atom. The Bertz CT molecular complexity index is 1660. The molecule has 3 heterocycles. The first-order valence-electron chi connectivity index (χ1n) is 14.1. The lowest BCUT2D eigenvalue weighted by Crippen LogP contribution is -2.25. The van der Waals surface area contributed by atoms with Crippen molar-refractivity contribution in [2.24, 2.45) is 0 Å². The minimum Gasteiger partial charge on any atom is -0.462 e. The number of hydrogen-bond donors (Lipinski definition) is 2. The van der Waals surface area contributed by atoms with Crippen LogP contribution in [0.25, 0.3) is 5.69 Å². The van der Waals surface area contributed by atoms with Gasteiger partial charge in [0.25, 0.3) is 11.6 Å². The zero-order chi connectivity index (χ0) is 31.2. The molecule has 5 rings (SSSR count). The van der Waals surface area contributed by atoms with E-state index in [9.17, 15) is 24.5 Å². The van der Waals surface area contributed by atoms with Crippen molar-refractivity contribution in [3.63, 3.8) is 0 Å². The van der Waals surface area contributed by atoms with Gasteiger partial charge in [-0.25, -0.2) is 4.79 Å². The summed E-state index contributed by atoms with van der Waals surface area (Å²) in [6.45, 7) is 3.65. The molecule has 4 aromatic rings. The summed E-state index contributed by atoms with van der Waals surface area (Å²) in [7, 11) is 0. The summed E-state index contributed by atoms with van der Waals surface area (Å²) in [5.74, 6) is -0.786. The fourth-order valence-corrected chi connectivity index (χ4v) is 6.97. The maximum Gasteiger partial charge on any atom is 0.341 e. The number of anilines is 1. The molecule has 1 aliphatic carbocycles. The van der Waals surface area contributed by atoms with Crippen molar-refractivity contribution >= 4 is 51.6 Å². The molecule has 13 nitrogen and oxygen atoms in total. The SMILES string of the molecule is CCOC(=O)c1c(NC(=O)C(C)Sc2nnc(CNC(=O)c3ccco3)n2-c2ccc([N+](=O)[O-])cc2)sc2c1CCCCC2. The van der Waals surface area contributed by atoms with E-state index in [0.717, 1.165) is 54.3 Å². The molecule has 0 fully saturated rings. The highest BCUT2D eigenvalue weighted by molar-refractivity contribution is 8.00. The van der Waals surface area contributed by atoms with E-state index in [0.29, 0.717) is 27.2 Å². The smallest absolute Gasteiger partial charge is 0.341 e. The number of nitrogens with one attached hydrogen (secondary N) is 2. The summed E-state index contributed by atoms with van der Waals surface area (Å²) in [5, 5.41) is 25.5. The molecule has 15 heteroatoms. The number of nitrogens with zero attached hydrogens (tertiary/aromatic N) is 4. The average molecular weight is 639 g/mol. The molecule has 0 saturated carbocycles. The molecule has 1 unspecified atom stereocenters. The highest BCUT2D eigenvalue weighted by Crippen LogP contribution is 2.38. The molecule has 2 amide bonds. The van der Waals surface area contributed by atoms with Crippen molar-refractivity contribution in [2.45, 2.75) is 62.9 Å². The first-order chi connectivity index (χ1) is 21.3. The van der Waals surface area contributed by atoms with Crippen LogP contribution in [0.4, 0.5) is 10.7 Å². The number of fused-ring (bicyclic) bond motifs is 1. The number of carbonyl (C=O) groups is 3. The van der Waals surface area contributed by atoms with E-state index in [-0.39, 0.29) is 30.5 Å². The van der Waals surface area contributed by atoms with E-state index in [4.69, 9.17) is 9.15 Å². The number of benzene rings is 1. The van der Waals surface area contributed by atoms with Crippen LogP contribution < -0.4 is 10.6 Å². The van der Waals surface area contributed by atoms with Crippen molar-refractivity contribution in [1.82, 2.24) is 20.1 Å². The van der Waals surface area contributed by atoms with Crippen molar-refractivity contribution in [2.75, 3.05) is 11.9 Å². The third-order valence-electron chi connectivity index (χ3n) is 6.96. The van der Waals surface area contributed by atoms with Gasteiger partial charge in [0.05, 0.1) is 35.2 Å². The van der Waals surface area contributed by atoms with Gasteiger partial charge in [0.1, 0.15) is 5.00 Å². The summed E-state index contributed by atoms with van der Waals surface area (Å²) >= 11 is 2.54. The molecule has 1 atom stereocenters. The van der Waals surface area contributed by atoms with Crippen LogP contribution in [0.3, 0.4) is 0 Å². The van der Waals surface area contributed by atoms with Crippen LogP contribution in [0.1, 0.15) is 70.3 Å². The van der Waals surface area contributed by atoms with Crippen LogP contribution >= 0.6 is 23.1 Å². The fraction of sp³-hybridized carbons (Fsp3) is 0.345. The maximum atomic E-state index is 13.5. The lowest BCUT2D eigenvalue weighted by molar-refractivity contribution is -0.384. The standard InChI is InChI=1S/C29H30N6O7S2/c1-3-41-28(38)24-20-8-5-4-6-10-22(20)44-27(24)31-25(36)17(2)43-29-33-32-23(16-30-26(37)21-9-7-15-42-21)34(29)18-11-13-19(14-12-18)35(39)40/h7,9,11-15,17H,3-6,8,10,16H2,1-2H3,(H,30,37)(H,31,36). The zero-order valence-electron chi connectivity index (χ0n) is 24.0. The largest absolute Gasteiger partial charge is 0.462 e. The number of non-ortho nitro benzene ring substituents is 1. The number of nitro benzene ring substituents is 1. The molecule has 1 aromatic carbocycles. The highest BCUT2D eigenvalue weighted by atomic mass is 32.2. The van der Waals surface area contributed by atoms with Crippen LogP contribution in [0.2, 0.25) is 0 Å².